The first-order chi connectivity index (χ1) is 6.22. The third-order valence-electron chi connectivity index (χ3n) is 1.61. The average Bonchev–Trinajstić information content (AvgIpc) is 2.47. The molecule has 2 heterocycles. The van der Waals surface area contributed by atoms with Crippen LogP contribution >= 0.6 is 0 Å². The molecule has 0 aliphatic heterocycles. The normalized spacial score (nSPS) is 10.2. The highest BCUT2D eigenvalue weighted by atomic mass is 15.3. The number of hydrogen-bond acceptors (Lipinski definition) is 5. The van der Waals surface area contributed by atoms with E-state index in [2.05, 4.69) is 15.1 Å². The number of nitrogen functional groups attached to an aromatic ring is 1. The van der Waals surface area contributed by atoms with Gasteiger partial charge < -0.3 is 5.73 Å². The zero-order chi connectivity index (χ0) is 9.42. The maximum atomic E-state index is 8.69. The summed E-state index contributed by atoms with van der Waals surface area (Å²) in [6, 6.07) is 1.96. The van der Waals surface area contributed by atoms with Crippen LogP contribution in [-0.2, 0) is 0 Å². The Bertz CT molecular complexity index is 505. The summed E-state index contributed by atoms with van der Waals surface area (Å²) in [6.45, 7) is 1.71. The Balaban J connectivity index is 2.92. The Hall–Kier alpha value is -2.16. The summed E-state index contributed by atoms with van der Waals surface area (Å²) in [4.78, 5) is 7.84. The lowest BCUT2D eigenvalue weighted by Crippen LogP contribution is -2.04. The molecule has 6 nitrogen and oxygen atoms in total. The highest BCUT2D eigenvalue weighted by Crippen LogP contribution is 2.09. The molecule has 0 atom stereocenters. The molecule has 0 radical (unpaired) electrons. The van der Waals surface area contributed by atoms with Crippen LogP contribution in [0.4, 0.5) is 5.82 Å². The highest BCUT2D eigenvalue weighted by Gasteiger charge is 2.07. The van der Waals surface area contributed by atoms with Crippen molar-refractivity contribution >= 4 is 11.5 Å². The van der Waals surface area contributed by atoms with Crippen LogP contribution in [0.25, 0.3) is 5.65 Å². The van der Waals surface area contributed by atoms with E-state index in [1.165, 1.54) is 10.7 Å². The van der Waals surface area contributed by atoms with Crippen molar-refractivity contribution in [3.8, 4) is 6.07 Å². The summed E-state index contributed by atoms with van der Waals surface area (Å²) in [7, 11) is 0. The summed E-state index contributed by atoms with van der Waals surface area (Å²) in [5.41, 5.74) is 6.35. The number of nitrogens with two attached hydrogens (primary N) is 1. The molecule has 2 rings (SSSR count). The Kier molecular flexibility index (Phi) is 1.39. The molecule has 0 fully saturated rings. The van der Waals surface area contributed by atoms with E-state index in [1.807, 2.05) is 6.07 Å². The van der Waals surface area contributed by atoms with Gasteiger partial charge in [0, 0.05) is 0 Å². The molecule has 0 aliphatic rings. The zero-order valence-corrected chi connectivity index (χ0v) is 6.89. The third-order valence-corrected chi connectivity index (χ3v) is 1.61. The van der Waals surface area contributed by atoms with E-state index in [9.17, 15) is 0 Å². The van der Waals surface area contributed by atoms with Gasteiger partial charge in [0.2, 0.25) is 0 Å². The number of aromatic nitrogens is 4. The lowest BCUT2D eigenvalue weighted by Gasteiger charge is -1.97. The van der Waals surface area contributed by atoms with Gasteiger partial charge in [-0.05, 0) is 6.92 Å². The summed E-state index contributed by atoms with van der Waals surface area (Å²) in [5.74, 6) is 0.800. The molecule has 0 aliphatic carbocycles. The first-order valence-electron chi connectivity index (χ1n) is 3.60. The van der Waals surface area contributed by atoms with Gasteiger partial charge in [-0.25, -0.2) is 9.97 Å². The zero-order valence-electron chi connectivity index (χ0n) is 6.89. The van der Waals surface area contributed by atoms with Crippen LogP contribution in [0.1, 0.15) is 11.5 Å². The average molecular weight is 174 g/mol. The van der Waals surface area contributed by atoms with Crippen molar-refractivity contribution in [2.45, 2.75) is 6.92 Å². The smallest absolute Gasteiger partial charge is 0.197 e. The van der Waals surface area contributed by atoms with Crippen LogP contribution in [0, 0.1) is 18.3 Å². The maximum Gasteiger partial charge on any atom is 0.197 e. The van der Waals surface area contributed by atoms with Crippen LogP contribution in [0.15, 0.2) is 6.20 Å². The second-order valence-electron chi connectivity index (χ2n) is 2.53. The molecule has 64 valence electrons. The van der Waals surface area contributed by atoms with Crippen molar-refractivity contribution in [2.24, 2.45) is 0 Å². The number of nitrogens with zero attached hydrogens (tertiary/aromatic N) is 5. The van der Waals surface area contributed by atoms with Gasteiger partial charge in [0.15, 0.2) is 17.2 Å². The molecule has 2 N–H and O–H groups in total. The maximum absolute atomic E-state index is 8.69. The van der Waals surface area contributed by atoms with Crippen molar-refractivity contribution in [3.63, 3.8) is 0 Å². The van der Waals surface area contributed by atoms with E-state index < -0.39 is 0 Å². The Morgan fingerprint density at radius 2 is 2.38 bits per heavy atom. The summed E-state index contributed by atoms with van der Waals surface area (Å²) < 4.78 is 1.39. The first-order valence-corrected chi connectivity index (χ1v) is 3.60. The Morgan fingerprint density at radius 3 is 3.08 bits per heavy atom. The van der Waals surface area contributed by atoms with E-state index in [1.54, 1.807) is 6.92 Å². The number of fused-ring (bicyclic) bond motifs is 1. The predicted molar refractivity (Wildman–Crippen MR) is 44.6 cm³/mol. The summed E-state index contributed by atoms with van der Waals surface area (Å²) in [6.07, 6.45) is 1.42. The van der Waals surface area contributed by atoms with Gasteiger partial charge in [-0.15, -0.1) is 0 Å². The highest BCUT2D eigenvalue weighted by molar-refractivity contribution is 5.60. The van der Waals surface area contributed by atoms with Crippen LogP contribution in [0.5, 0.6) is 0 Å². The first kappa shape index (κ1) is 7.49. The van der Waals surface area contributed by atoms with Crippen LogP contribution < -0.4 is 5.73 Å². The van der Waals surface area contributed by atoms with Crippen molar-refractivity contribution < 1.29 is 0 Å². The van der Waals surface area contributed by atoms with Gasteiger partial charge in [-0.3, -0.25) is 0 Å². The molecule has 0 spiro atoms. The number of rotatable bonds is 0. The molecule has 13 heavy (non-hydrogen) atoms. The van der Waals surface area contributed by atoms with Crippen molar-refractivity contribution in [1.82, 2.24) is 19.6 Å². The van der Waals surface area contributed by atoms with Crippen molar-refractivity contribution in [2.75, 3.05) is 5.73 Å². The fourth-order valence-corrected chi connectivity index (χ4v) is 1.09. The number of hydrogen-bond donors (Lipinski definition) is 1. The van der Waals surface area contributed by atoms with Gasteiger partial charge in [0.05, 0.1) is 6.20 Å². The van der Waals surface area contributed by atoms with Crippen LogP contribution in [-0.4, -0.2) is 19.6 Å². The fraction of sp³-hybridized carbons (Fsp3) is 0.143. The number of anilines is 1. The van der Waals surface area contributed by atoms with Crippen LogP contribution in [0.2, 0.25) is 0 Å². The minimum atomic E-state index is 0.286. The van der Waals surface area contributed by atoms with Gasteiger partial charge in [0.1, 0.15) is 11.9 Å². The van der Waals surface area contributed by atoms with E-state index in [4.69, 9.17) is 11.0 Å². The molecule has 0 unspecified atom stereocenters. The fourth-order valence-electron chi connectivity index (χ4n) is 1.09. The minimum absolute atomic E-state index is 0.286. The minimum Gasteiger partial charge on any atom is -0.380 e. The molecule has 6 heteroatoms. The van der Waals surface area contributed by atoms with Gasteiger partial charge in [-0.1, -0.05) is 0 Å². The molecular weight excluding hydrogens is 168 g/mol. The van der Waals surface area contributed by atoms with E-state index in [-0.39, 0.29) is 5.82 Å². The largest absolute Gasteiger partial charge is 0.380 e. The molecule has 2 aromatic heterocycles. The van der Waals surface area contributed by atoms with Gasteiger partial charge in [0.25, 0.3) is 0 Å². The second-order valence-corrected chi connectivity index (χ2v) is 2.53. The SMILES string of the molecule is Cc1nc(N)c2ncc(C#N)n2n1. The quantitative estimate of drug-likeness (QED) is 0.601. The lowest BCUT2D eigenvalue weighted by molar-refractivity contribution is 0.847. The molecule has 2 aromatic rings. The Morgan fingerprint density at radius 1 is 1.62 bits per heavy atom. The van der Waals surface area contributed by atoms with Crippen LogP contribution in [0.3, 0.4) is 0 Å². The van der Waals surface area contributed by atoms with Gasteiger partial charge in [-0.2, -0.15) is 14.9 Å². The van der Waals surface area contributed by atoms with E-state index in [0.29, 0.717) is 17.2 Å². The predicted octanol–water partition coefficient (Wildman–Crippen LogP) is -0.113. The third kappa shape index (κ3) is 0.980. The second kappa shape index (κ2) is 2.42. The molecule has 0 saturated heterocycles. The number of imidazole rings is 1. The van der Waals surface area contributed by atoms with E-state index >= 15 is 0 Å². The monoisotopic (exact) mass is 174 g/mol. The number of aryl methyl sites for hydroxylation is 1. The molecule has 0 bridgehead atoms. The molecule has 0 aromatic carbocycles. The molecular formula is C7H6N6. The number of nitriles is 1. The molecule has 0 saturated carbocycles. The van der Waals surface area contributed by atoms with E-state index in [0.717, 1.165) is 0 Å². The Labute approximate surface area is 73.6 Å². The van der Waals surface area contributed by atoms with Gasteiger partial charge >= 0.3 is 0 Å². The lowest BCUT2D eigenvalue weighted by atomic mass is 10.5. The topological polar surface area (TPSA) is 92.9 Å². The molecule has 0 amide bonds. The summed E-state index contributed by atoms with van der Waals surface area (Å²) in [5, 5.41) is 12.7. The standard InChI is InChI=1S/C7H6N6/c1-4-11-6(9)7-10-3-5(2-8)13(7)12-4/h3H,1H3,(H2,9,11,12). The summed E-state index contributed by atoms with van der Waals surface area (Å²) >= 11 is 0. The van der Waals surface area contributed by atoms with Crippen molar-refractivity contribution in [3.05, 3.63) is 17.7 Å². The van der Waals surface area contributed by atoms with Crippen molar-refractivity contribution in [1.29, 1.82) is 5.26 Å².